The van der Waals surface area contributed by atoms with Crippen LogP contribution in [0.3, 0.4) is 0 Å². The van der Waals surface area contributed by atoms with Crippen LogP contribution in [0.5, 0.6) is 0 Å². The molecule has 4 unspecified atom stereocenters. The van der Waals surface area contributed by atoms with Crippen LogP contribution in [0.15, 0.2) is 0 Å². The van der Waals surface area contributed by atoms with Crippen molar-refractivity contribution >= 4 is 48.2 Å². The number of carbonyl (C=O) groups excluding carboxylic acids is 4. The maximum Gasteiger partial charge on any atom is 0.328 e. The Morgan fingerprint density at radius 2 is 1.37 bits per heavy atom. The molecule has 0 spiro atoms. The standard InChI is InChI=1S/C15H25N5O9S/c16-6(3-10(17)22)12(25)18-7(1-2-11(23)24)13(26)20-9(5-30)14(27)19-8(4-21)15(28)29/h6-9,21,30H,1-5,16H2,(H2,17,22)(H,18,25)(H,19,27)(H,20,26)(H,23,24)(H,28,29). The van der Waals surface area contributed by atoms with Crippen LogP contribution in [0.2, 0.25) is 0 Å². The number of thiol groups is 1. The third-order valence-corrected chi connectivity index (χ3v) is 4.02. The van der Waals surface area contributed by atoms with Gasteiger partial charge >= 0.3 is 11.9 Å². The highest BCUT2D eigenvalue weighted by Crippen LogP contribution is 2.02. The molecule has 0 saturated heterocycles. The second-order valence-electron chi connectivity index (χ2n) is 6.10. The quantitative estimate of drug-likeness (QED) is 0.114. The average molecular weight is 451 g/mol. The molecule has 30 heavy (non-hydrogen) atoms. The van der Waals surface area contributed by atoms with E-state index in [2.05, 4.69) is 23.3 Å². The van der Waals surface area contributed by atoms with Gasteiger partial charge in [0.1, 0.15) is 18.1 Å². The molecule has 0 bridgehead atoms. The zero-order valence-electron chi connectivity index (χ0n) is 15.7. The van der Waals surface area contributed by atoms with Crippen molar-refractivity contribution in [2.45, 2.75) is 43.4 Å². The van der Waals surface area contributed by atoms with E-state index < -0.39 is 79.2 Å². The molecular formula is C15H25N5O9S. The molecule has 0 aromatic heterocycles. The Kier molecular flexibility index (Phi) is 12.0. The molecule has 170 valence electrons. The zero-order chi connectivity index (χ0) is 23.4. The summed E-state index contributed by atoms with van der Waals surface area (Å²) >= 11 is 3.89. The lowest BCUT2D eigenvalue weighted by atomic mass is 10.1. The summed E-state index contributed by atoms with van der Waals surface area (Å²) in [5, 5.41) is 33.0. The molecule has 0 aliphatic carbocycles. The van der Waals surface area contributed by atoms with E-state index >= 15 is 0 Å². The number of hydrogen-bond donors (Lipinski definition) is 9. The van der Waals surface area contributed by atoms with Crippen molar-refractivity contribution in [3.05, 3.63) is 0 Å². The number of rotatable bonds is 14. The molecule has 15 heteroatoms. The molecule has 0 aliphatic rings. The number of carboxylic acids is 2. The van der Waals surface area contributed by atoms with E-state index in [0.29, 0.717) is 0 Å². The molecule has 0 radical (unpaired) electrons. The molecule has 0 heterocycles. The maximum absolute atomic E-state index is 12.5. The molecule has 14 nitrogen and oxygen atoms in total. The van der Waals surface area contributed by atoms with E-state index in [1.807, 2.05) is 5.32 Å². The number of carboxylic acid groups (broad SMARTS) is 2. The number of primary amides is 1. The number of aliphatic hydroxyl groups excluding tert-OH is 1. The second-order valence-corrected chi connectivity index (χ2v) is 6.46. The largest absolute Gasteiger partial charge is 0.481 e. The van der Waals surface area contributed by atoms with Crippen LogP contribution in [0, 0.1) is 0 Å². The Bertz CT molecular complexity index is 675. The van der Waals surface area contributed by atoms with Crippen LogP contribution in [0.1, 0.15) is 19.3 Å². The van der Waals surface area contributed by atoms with E-state index in [-0.39, 0.29) is 12.2 Å². The summed E-state index contributed by atoms with van der Waals surface area (Å²) in [5.41, 5.74) is 10.4. The Morgan fingerprint density at radius 3 is 1.80 bits per heavy atom. The summed E-state index contributed by atoms with van der Waals surface area (Å²) in [4.78, 5) is 69.2. The molecule has 0 aromatic carbocycles. The van der Waals surface area contributed by atoms with Crippen molar-refractivity contribution in [3.8, 4) is 0 Å². The molecule has 0 aromatic rings. The highest BCUT2D eigenvalue weighted by Gasteiger charge is 2.30. The number of nitrogens with one attached hydrogen (secondary N) is 3. The molecule has 4 amide bonds. The molecule has 0 rings (SSSR count). The predicted molar refractivity (Wildman–Crippen MR) is 103 cm³/mol. The third-order valence-electron chi connectivity index (χ3n) is 3.65. The van der Waals surface area contributed by atoms with Crippen molar-refractivity contribution in [3.63, 3.8) is 0 Å². The molecule has 0 fully saturated rings. The van der Waals surface area contributed by atoms with E-state index in [0.717, 1.165) is 0 Å². The van der Waals surface area contributed by atoms with Crippen molar-refractivity contribution in [2.75, 3.05) is 12.4 Å². The molecule has 0 aliphatic heterocycles. The maximum atomic E-state index is 12.5. The summed E-state index contributed by atoms with van der Waals surface area (Å²) in [6.45, 7) is -0.899. The summed E-state index contributed by atoms with van der Waals surface area (Å²) in [5.74, 6) is -6.82. The van der Waals surface area contributed by atoms with E-state index in [1.165, 1.54) is 0 Å². The van der Waals surface area contributed by atoms with E-state index in [4.69, 9.17) is 26.8 Å². The van der Waals surface area contributed by atoms with Gasteiger partial charge in [-0.05, 0) is 6.42 Å². The van der Waals surface area contributed by atoms with Crippen molar-refractivity contribution < 1.29 is 44.1 Å². The smallest absolute Gasteiger partial charge is 0.328 e. The van der Waals surface area contributed by atoms with Gasteiger partial charge in [-0.15, -0.1) is 0 Å². The van der Waals surface area contributed by atoms with Gasteiger partial charge in [-0.1, -0.05) is 0 Å². The number of amides is 4. The number of aliphatic hydroxyl groups is 1. The van der Waals surface area contributed by atoms with Gasteiger partial charge < -0.3 is 42.7 Å². The van der Waals surface area contributed by atoms with Crippen LogP contribution in [0.25, 0.3) is 0 Å². The molecule has 4 atom stereocenters. The fourth-order valence-electron chi connectivity index (χ4n) is 2.05. The fourth-order valence-corrected chi connectivity index (χ4v) is 2.31. The van der Waals surface area contributed by atoms with Crippen molar-refractivity contribution in [1.29, 1.82) is 0 Å². The topological polar surface area (TPSA) is 251 Å². The van der Waals surface area contributed by atoms with E-state index in [1.54, 1.807) is 0 Å². The third kappa shape index (κ3) is 10.0. The minimum absolute atomic E-state index is 0.282. The number of aliphatic carboxylic acids is 2. The zero-order valence-corrected chi connectivity index (χ0v) is 16.6. The van der Waals surface area contributed by atoms with Crippen molar-refractivity contribution in [2.24, 2.45) is 11.5 Å². The summed E-state index contributed by atoms with van der Waals surface area (Å²) in [6.07, 6.45) is -1.41. The summed E-state index contributed by atoms with van der Waals surface area (Å²) in [7, 11) is 0. The first-order valence-electron chi connectivity index (χ1n) is 8.54. The molecule has 0 saturated carbocycles. The van der Waals surface area contributed by atoms with Crippen LogP contribution < -0.4 is 27.4 Å². The Morgan fingerprint density at radius 1 is 0.867 bits per heavy atom. The predicted octanol–water partition coefficient (Wildman–Crippen LogP) is -4.48. The number of hydrogen-bond acceptors (Lipinski definition) is 9. The molecule has 10 N–H and O–H groups in total. The second kappa shape index (κ2) is 13.3. The van der Waals surface area contributed by atoms with Gasteiger partial charge in [0.2, 0.25) is 23.6 Å². The van der Waals surface area contributed by atoms with Crippen LogP contribution in [-0.4, -0.2) is 87.4 Å². The first kappa shape index (κ1) is 27.1. The van der Waals surface area contributed by atoms with Crippen LogP contribution in [-0.2, 0) is 28.8 Å². The van der Waals surface area contributed by atoms with Gasteiger partial charge in [0.15, 0.2) is 0 Å². The van der Waals surface area contributed by atoms with Crippen molar-refractivity contribution in [1.82, 2.24) is 16.0 Å². The lowest BCUT2D eigenvalue weighted by molar-refractivity contribution is -0.143. The van der Waals surface area contributed by atoms with Gasteiger partial charge in [0, 0.05) is 12.2 Å². The van der Waals surface area contributed by atoms with Gasteiger partial charge in [-0.25, -0.2) is 4.79 Å². The lowest BCUT2D eigenvalue weighted by Crippen LogP contribution is -2.58. The number of carbonyl (C=O) groups is 6. The summed E-state index contributed by atoms with van der Waals surface area (Å²) in [6, 6.07) is -5.80. The normalized spacial score (nSPS) is 14.5. The van der Waals surface area contributed by atoms with Gasteiger partial charge in [0.25, 0.3) is 0 Å². The van der Waals surface area contributed by atoms with E-state index in [9.17, 15) is 28.8 Å². The highest BCUT2D eigenvalue weighted by molar-refractivity contribution is 7.80. The molecular weight excluding hydrogens is 426 g/mol. The SMILES string of the molecule is NC(=O)CC(N)C(=O)NC(CCC(=O)O)C(=O)NC(CS)C(=O)NC(CO)C(=O)O. The first-order valence-corrected chi connectivity index (χ1v) is 9.17. The van der Waals surface area contributed by atoms with Gasteiger partial charge in [0.05, 0.1) is 19.1 Å². The minimum Gasteiger partial charge on any atom is -0.481 e. The highest BCUT2D eigenvalue weighted by atomic mass is 32.1. The average Bonchev–Trinajstić information content (AvgIpc) is 2.65. The Labute approximate surface area is 176 Å². The van der Waals surface area contributed by atoms with Crippen LogP contribution >= 0.6 is 12.6 Å². The number of nitrogens with two attached hydrogens (primary N) is 2. The monoisotopic (exact) mass is 451 g/mol. The summed E-state index contributed by atoms with van der Waals surface area (Å²) < 4.78 is 0. The van der Waals surface area contributed by atoms with Gasteiger partial charge in [-0.3, -0.25) is 24.0 Å². The lowest BCUT2D eigenvalue weighted by Gasteiger charge is -2.23. The first-order chi connectivity index (χ1) is 13.9. The van der Waals surface area contributed by atoms with Gasteiger partial charge in [-0.2, -0.15) is 12.6 Å². The Balaban J connectivity index is 5.24. The Hall–Kier alpha value is -2.91. The minimum atomic E-state index is -1.62. The van der Waals surface area contributed by atoms with Crippen LogP contribution in [0.4, 0.5) is 0 Å². The fraction of sp³-hybridized carbons (Fsp3) is 0.600.